The summed E-state index contributed by atoms with van der Waals surface area (Å²) in [6, 6.07) is 5.14. The van der Waals surface area contributed by atoms with Crippen LogP contribution in [0.1, 0.15) is 54.1 Å². The molecule has 0 bridgehead atoms. The Hall–Kier alpha value is -2.65. The first-order valence-electron chi connectivity index (χ1n) is 10.6. The molecule has 32 heavy (non-hydrogen) atoms. The summed E-state index contributed by atoms with van der Waals surface area (Å²) >= 11 is 0. The van der Waals surface area contributed by atoms with Crippen LogP contribution >= 0.6 is 0 Å². The zero-order valence-corrected chi connectivity index (χ0v) is 18.8. The number of pyridine rings is 1. The molecule has 1 aliphatic rings. The second-order valence-corrected chi connectivity index (χ2v) is 7.43. The third-order valence-electron chi connectivity index (χ3n) is 5.01. The maximum atomic E-state index is 14.4. The van der Waals surface area contributed by atoms with Gasteiger partial charge in [0, 0.05) is 39.6 Å². The van der Waals surface area contributed by atoms with E-state index in [-0.39, 0.29) is 5.69 Å². The zero-order chi connectivity index (χ0) is 23.9. The number of aromatic carboxylic acids is 1. The molecule has 1 aromatic heterocycles. The summed E-state index contributed by atoms with van der Waals surface area (Å²) in [6.07, 6.45) is 0.653. The van der Waals surface area contributed by atoms with E-state index >= 15 is 0 Å². The van der Waals surface area contributed by atoms with E-state index < -0.39 is 29.4 Å². The fraction of sp³-hybridized carbons (Fsp3) is 0.478. The van der Waals surface area contributed by atoms with Crippen molar-refractivity contribution in [3.8, 4) is 5.75 Å². The highest BCUT2D eigenvalue weighted by atomic mass is 19.3. The fourth-order valence-electron chi connectivity index (χ4n) is 3.43. The smallest absolute Gasteiger partial charge is 0.354 e. The van der Waals surface area contributed by atoms with Gasteiger partial charge in [-0.2, -0.15) is 0 Å². The molecule has 6 nitrogen and oxygen atoms in total. The third-order valence-corrected chi connectivity index (χ3v) is 5.01. The van der Waals surface area contributed by atoms with Crippen molar-refractivity contribution < 1.29 is 27.8 Å². The van der Waals surface area contributed by atoms with Crippen LogP contribution in [0.3, 0.4) is 0 Å². The first kappa shape index (κ1) is 25.6. The number of nitrogens with one attached hydrogen (secondary N) is 1. The van der Waals surface area contributed by atoms with Gasteiger partial charge in [-0.3, -0.25) is 4.90 Å². The van der Waals surface area contributed by atoms with Gasteiger partial charge in [0.25, 0.3) is 5.92 Å². The van der Waals surface area contributed by atoms with E-state index in [0.717, 1.165) is 38.3 Å². The number of hydrogen-bond donors (Lipinski definition) is 2. The molecule has 0 amide bonds. The molecule has 3 rings (SSSR count). The van der Waals surface area contributed by atoms with Crippen LogP contribution in [0.15, 0.2) is 30.5 Å². The SMILES string of the molecule is CC.Cc1cc(OC(CN2CCNCC2)c2ccc(C(C)(F)F)c(F)c2)cnc1C(=O)O. The van der Waals surface area contributed by atoms with Gasteiger partial charge < -0.3 is 15.2 Å². The highest BCUT2D eigenvalue weighted by Gasteiger charge is 2.29. The summed E-state index contributed by atoms with van der Waals surface area (Å²) in [6.45, 7) is 9.81. The number of benzene rings is 1. The maximum Gasteiger partial charge on any atom is 0.354 e. The van der Waals surface area contributed by atoms with E-state index in [9.17, 15) is 18.0 Å². The summed E-state index contributed by atoms with van der Waals surface area (Å²) in [5.74, 6) is -5.10. The number of piperazine rings is 1. The Morgan fingerprint density at radius 2 is 1.94 bits per heavy atom. The third kappa shape index (κ3) is 6.67. The number of carboxylic acid groups (broad SMARTS) is 1. The van der Waals surface area contributed by atoms with E-state index in [2.05, 4.69) is 15.2 Å². The number of hydrogen-bond acceptors (Lipinski definition) is 5. The number of halogens is 3. The molecular weight excluding hydrogens is 423 g/mol. The lowest BCUT2D eigenvalue weighted by Crippen LogP contribution is -2.45. The lowest BCUT2D eigenvalue weighted by Gasteiger charge is -2.31. The Bertz CT molecular complexity index is 913. The minimum Gasteiger partial charge on any atom is -0.483 e. The molecule has 1 aromatic carbocycles. The molecule has 2 aromatic rings. The maximum absolute atomic E-state index is 14.4. The first-order valence-corrected chi connectivity index (χ1v) is 10.6. The first-order chi connectivity index (χ1) is 15.1. The van der Waals surface area contributed by atoms with Crippen LogP contribution in [-0.4, -0.2) is 53.7 Å². The number of rotatable bonds is 7. The van der Waals surface area contributed by atoms with Crippen molar-refractivity contribution in [1.29, 1.82) is 0 Å². The van der Waals surface area contributed by atoms with Gasteiger partial charge in [-0.15, -0.1) is 0 Å². The molecule has 1 atom stereocenters. The van der Waals surface area contributed by atoms with Gasteiger partial charge in [-0.1, -0.05) is 19.9 Å². The summed E-state index contributed by atoms with van der Waals surface area (Å²) in [5.41, 5.74) is 0.0872. The minimum atomic E-state index is -3.29. The van der Waals surface area contributed by atoms with Gasteiger partial charge in [-0.25, -0.2) is 22.9 Å². The van der Waals surface area contributed by atoms with Gasteiger partial charge >= 0.3 is 5.97 Å². The largest absolute Gasteiger partial charge is 0.483 e. The standard InChI is InChI=1S/C21H24F3N3O3.C2H6/c1-13-9-15(11-26-19(13)20(28)29)30-18(12-27-7-5-25-6-8-27)14-3-4-16(17(22)10-14)21(2,23)24;1-2/h3-4,9-11,18,25H,5-8,12H2,1-2H3,(H,28,29);1-2H3. The molecular formula is C23H30F3N3O3. The predicted octanol–water partition coefficient (Wildman–Crippen LogP) is 4.39. The number of carbonyl (C=O) groups is 1. The van der Waals surface area contributed by atoms with E-state index in [0.29, 0.717) is 30.3 Å². The number of aromatic nitrogens is 1. The Kier molecular flexibility index (Phi) is 9.03. The molecule has 1 fully saturated rings. The van der Waals surface area contributed by atoms with E-state index in [1.807, 2.05) is 13.8 Å². The van der Waals surface area contributed by atoms with Gasteiger partial charge in [0.1, 0.15) is 17.7 Å². The van der Waals surface area contributed by atoms with E-state index in [4.69, 9.17) is 9.84 Å². The van der Waals surface area contributed by atoms with Crippen LogP contribution in [0.4, 0.5) is 13.2 Å². The number of aryl methyl sites for hydroxylation is 1. The lowest BCUT2D eigenvalue weighted by molar-refractivity contribution is 0.0136. The molecule has 0 spiro atoms. The highest BCUT2D eigenvalue weighted by molar-refractivity contribution is 5.87. The van der Waals surface area contributed by atoms with Crippen molar-refractivity contribution in [3.63, 3.8) is 0 Å². The van der Waals surface area contributed by atoms with Crippen LogP contribution in [0.5, 0.6) is 5.75 Å². The van der Waals surface area contributed by atoms with Crippen LogP contribution in [0.25, 0.3) is 0 Å². The molecule has 0 radical (unpaired) electrons. The lowest BCUT2D eigenvalue weighted by atomic mass is 10.0. The molecule has 176 valence electrons. The second-order valence-electron chi connectivity index (χ2n) is 7.43. The average Bonchev–Trinajstić information content (AvgIpc) is 2.74. The number of alkyl halides is 2. The Morgan fingerprint density at radius 3 is 2.47 bits per heavy atom. The van der Waals surface area contributed by atoms with Gasteiger partial charge in [0.15, 0.2) is 5.69 Å². The fourth-order valence-corrected chi connectivity index (χ4v) is 3.43. The van der Waals surface area contributed by atoms with Crippen molar-refractivity contribution in [2.45, 2.75) is 39.7 Å². The van der Waals surface area contributed by atoms with Crippen LogP contribution in [0.2, 0.25) is 0 Å². The quantitative estimate of drug-likeness (QED) is 0.648. The molecule has 1 aliphatic heterocycles. The number of ether oxygens (including phenoxy) is 1. The van der Waals surface area contributed by atoms with Crippen LogP contribution in [0, 0.1) is 12.7 Å². The molecule has 0 aliphatic carbocycles. The van der Waals surface area contributed by atoms with Gasteiger partial charge in [0.2, 0.25) is 0 Å². The monoisotopic (exact) mass is 453 g/mol. The summed E-state index contributed by atoms with van der Waals surface area (Å²) in [5, 5.41) is 12.4. The molecule has 0 saturated carbocycles. The van der Waals surface area contributed by atoms with E-state index in [1.54, 1.807) is 13.0 Å². The van der Waals surface area contributed by atoms with Crippen molar-refractivity contribution in [1.82, 2.24) is 15.2 Å². The Labute approximate surface area is 186 Å². The topological polar surface area (TPSA) is 74.7 Å². The van der Waals surface area contributed by atoms with Crippen LogP contribution in [-0.2, 0) is 5.92 Å². The van der Waals surface area contributed by atoms with Gasteiger partial charge in [-0.05, 0) is 36.2 Å². The average molecular weight is 454 g/mol. The minimum absolute atomic E-state index is 0.0819. The van der Waals surface area contributed by atoms with Gasteiger partial charge in [0.05, 0.1) is 11.8 Å². The van der Waals surface area contributed by atoms with Crippen molar-refractivity contribution in [3.05, 3.63) is 58.7 Å². The summed E-state index contributed by atoms with van der Waals surface area (Å²) < 4.78 is 47.6. The zero-order valence-electron chi connectivity index (χ0n) is 18.8. The highest BCUT2D eigenvalue weighted by Crippen LogP contribution is 2.32. The van der Waals surface area contributed by atoms with Crippen LogP contribution < -0.4 is 10.1 Å². The Morgan fingerprint density at radius 1 is 1.28 bits per heavy atom. The molecule has 9 heteroatoms. The number of carboxylic acids is 1. The Balaban J connectivity index is 0.00000176. The second kappa shape index (κ2) is 11.3. The van der Waals surface area contributed by atoms with Crippen molar-refractivity contribution in [2.24, 2.45) is 0 Å². The number of nitrogens with zero attached hydrogens (tertiary/aromatic N) is 2. The molecule has 2 N–H and O–H groups in total. The summed E-state index contributed by atoms with van der Waals surface area (Å²) in [7, 11) is 0. The molecule has 2 heterocycles. The predicted molar refractivity (Wildman–Crippen MR) is 116 cm³/mol. The van der Waals surface area contributed by atoms with E-state index in [1.165, 1.54) is 12.3 Å². The summed E-state index contributed by atoms with van der Waals surface area (Å²) in [4.78, 5) is 17.2. The van der Waals surface area contributed by atoms with Crippen molar-refractivity contribution >= 4 is 5.97 Å². The molecule has 1 saturated heterocycles. The molecule has 1 unspecified atom stereocenters. The normalized spacial score (nSPS) is 15.5. The van der Waals surface area contributed by atoms with Crippen molar-refractivity contribution in [2.75, 3.05) is 32.7 Å².